The summed E-state index contributed by atoms with van der Waals surface area (Å²) in [6.45, 7) is 3.36. The summed E-state index contributed by atoms with van der Waals surface area (Å²) >= 11 is 23.5. The molecule has 1 N–H and O–H groups in total. The van der Waals surface area contributed by atoms with Crippen molar-refractivity contribution in [3.63, 3.8) is 0 Å². The van der Waals surface area contributed by atoms with Gasteiger partial charge >= 0.3 is 0 Å². The van der Waals surface area contributed by atoms with Gasteiger partial charge in [0.25, 0.3) is 0 Å². The van der Waals surface area contributed by atoms with Gasteiger partial charge in [0.2, 0.25) is 0 Å². The van der Waals surface area contributed by atoms with Crippen LogP contribution in [0, 0.1) is 58.2 Å². The van der Waals surface area contributed by atoms with Gasteiger partial charge in [-0.2, -0.15) is 15.3 Å². The van der Waals surface area contributed by atoms with Crippen LogP contribution in [-0.2, 0) is 6.42 Å². The second kappa shape index (κ2) is 30.5. The molecule has 16 nitrogen and oxygen atoms in total. The number of nitrogens with zero attached hydrogens (tertiary/aromatic N) is 14. The molecule has 16 rings (SSSR count). The lowest BCUT2D eigenvalue weighted by Crippen LogP contribution is -2.10. The van der Waals surface area contributed by atoms with Gasteiger partial charge in [0.1, 0.15) is 84.3 Å². The minimum absolute atomic E-state index is 0.0109. The van der Waals surface area contributed by atoms with Gasteiger partial charge in [-0.15, -0.1) is 0 Å². The van der Waals surface area contributed by atoms with Gasteiger partial charge in [-0.25, -0.2) is 72.4 Å². The molecule has 99 heavy (non-hydrogen) atoms. The van der Waals surface area contributed by atoms with Crippen molar-refractivity contribution < 1.29 is 53.8 Å². The third kappa shape index (κ3) is 15.0. The monoisotopic (exact) mass is 1530 g/mol. The van der Waals surface area contributed by atoms with E-state index in [0.717, 1.165) is 28.5 Å². The maximum atomic E-state index is 14.7. The van der Waals surface area contributed by atoms with E-state index in [9.17, 15) is 53.8 Å². The van der Waals surface area contributed by atoms with Gasteiger partial charge < -0.3 is 5.11 Å². The Balaban J connectivity index is 0.000000123. The Morgan fingerprint density at radius 2 is 0.838 bits per heavy atom. The maximum Gasteiger partial charge on any atom is 0.155 e. The summed E-state index contributed by atoms with van der Waals surface area (Å²) in [5.74, 6) is -7.27. The molecule has 0 amide bonds. The molecule has 0 fully saturated rings. The van der Waals surface area contributed by atoms with E-state index in [1.807, 2.05) is 0 Å². The molecule has 0 saturated heterocycles. The number of imidazole rings is 3. The highest BCUT2D eigenvalue weighted by Gasteiger charge is 2.26. The number of aliphatic hydroxyl groups excluding tert-OH is 1. The lowest BCUT2D eigenvalue weighted by atomic mass is 10.0. The van der Waals surface area contributed by atoms with E-state index in [4.69, 9.17) is 34.8 Å². The minimum Gasteiger partial charge on any atom is -0.382 e. The van der Waals surface area contributed by atoms with Gasteiger partial charge in [0, 0.05) is 106 Å². The quantitative estimate of drug-likeness (QED) is 0.0940. The summed E-state index contributed by atoms with van der Waals surface area (Å²) in [7, 11) is 0. The molecule has 1 atom stereocenters. The Labute approximate surface area is 581 Å². The summed E-state index contributed by atoms with van der Waals surface area (Å²) in [5, 5.41) is 24.7. The number of hydrogen-bond donors (Lipinski definition) is 1. The van der Waals surface area contributed by atoms with Gasteiger partial charge in [-0.05, 0) is 129 Å². The Hall–Kier alpha value is -10.5. The van der Waals surface area contributed by atoms with Crippen LogP contribution in [-0.4, -0.2) is 80.1 Å². The Bertz CT molecular complexity index is 5690. The van der Waals surface area contributed by atoms with E-state index in [0.29, 0.717) is 43.9 Å². The van der Waals surface area contributed by atoms with Gasteiger partial charge in [0.15, 0.2) is 23.2 Å². The number of carbonyl (C=O) groups excluding carboxylic acids is 1. The summed E-state index contributed by atoms with van der Waals surface area (Å²) in [4.78, 5) is 42.0. The average Bonchev–Trinajstić information content (AvgIpc) is 1.76. The molecule has 0 radical (unpaired) electrons. The third-order valence-electron chi connectivity index (χ3n) is 14.4. The smallest absolute Gasteiger partial charge is 0.155 e. The topological polar surface area (TPSA) is 192 Å². The van der Waals surface area contributed by atoms with Gasteiger partial charge in [-0.3, -0.25) is 29.7 Å². The standard InChI is InChI=1S/C16H9ClF2N4O.C16H9ClF2N4.C11H7F2N.C10H5F2NO.C9H4BrF2N.C6H3BrClN3/c17-12-3-4-13-21-7-11(23(13)22-12)16(24)14-9(18)6-10-8(15(14)19)2-1-5-20-10;17-14-3-4-15-21-8-9(23(15)22-14)6-11-12(18)7-13-10(16(11)19)2-1-5-20-13;1-2-7-9(12)6-10-8(11(7)13)4-3-5-14-10;11-8-4-9-6(2-1-3-13-9)10(12)7(8)5-14;10-8-6(11)4-7-5(9(8)12)2-1-3-13-7;7-4-3-9-6-2-1-5(8)10-11(4)6/h1-7,16,24H;1-5,7-8H,6H2;2-6H,1H2;1-5H;1-4H;1-3H. The van der Waals surface area contributed by atoms with Crippen molar-refractivity contribution in [2.75, 3.05) is 0 Å². The van der Waals surface area contributed by atoms with Crippen LogP contribution in [0.5, 0.6) is 0 Å². The summed E-state index contributed by atoms with van der Waals surface area (Å²) in [6.07, 6.45) is 11.6. The number of aldehydes is 1. The van der Waals surface area contributed by atoms with Gasteiger partial charge in [0.05, 0.1) is 73.2 Å². The molecule has 11 heterocycles. The predicted molar refractivity (Wildman–Crippen MR) is 360 cm³/mol. The Kier molecular flexibility index (Phi) is 21.5. The summed E-state index contributed by atoms with van der Waals surface area (Å²) < 4.78 is 143. The van der Waals surface area contributed by atoms with Crippen molar-refractivity contribution in [3.8, 4) is 0 Å². The molecule has 11 aromatic heterocycles. The fourth-order valence-corrected chi connectivity index (χ4v) is 10.9. The van der Waals surface area contributed by atoms with Crippen LogP contribution in [0.3, 0.4) is 0 Å². The van der Waals surface area contributed by atoms with E-state index in [1.165, 1.54) is 101 Å². The lowest BCUT2D eigenvalue weighted by molar-refractivity contribution is 0.111. The van der Waals surface area contributed by atoms with Crippen LogP contribution in [0.4, 0.5) is 43.9 Å². The number of halogens is 15. The van der Waals surface area contributed by atoms with Crippen LogP contribution in [0.25, 0.3) is 77.5 Å². The molecule has 0 aliphatic carbocycles. The van der Waals surface area contributed by atoms with Crippen LogP contribution >= 0.6 is 66.7 Å². The van der Waals surface area contributed by atoms with E-state index in [1.54, 1.807) is 77.4 Å². The molecule has 0 spiro atoms. The number of hydrogen-bond acceptors (Lipinski definition) is 13. The lowest BCUT2D eigenvalue weighted by Gasteiger charge is -2.14. The van der Waals surface area contributed by atoms with Crippen LogP contribution in [0.15, 0.2) is 193 Å². The van der Waals surface area contributed by atoms with Crippen molar-refractivity contribution in [1.29, 1.82) is 0 Å². The van der Waals surface area contributed by atoms with E-state index in [-0.39, 0.29) is 77.0 Å². The van der Waals surface area contributed by atoms with Crippen LogP contribution < -0.4 is 0 Å². The normalized spacial score (nSPS) is 11.3. The molecule has 16 aromatic rings. The molecule has 0 bridgehead atoms. The highest BCUT2D eigenvalue weighted by atomic mass is 79.9. The Morgan fingerprint density at radius 3 is 1.35 bits per heavy atom. The predicted octanol–water partition coefficient (Wildman–Crippen LogP) is 18.0. The zero-order valence-corrected chi connectivity index (χ0v) is 55.1. The second-order valence-electron chi connectivity index (χ2n) is 20.4. The van der Waals surface area contributed by atoms with Crippen molar-refractivity contribution in [2.24, 2.45) is 0 Å². The SMILES string of the molecule is C=Cc1c(F)cc2ncccc2c1F.Clc1ccc2ncc(Br)n2n1.Fc1cc2ncccc2c(F)c1Br.Fc1cc2ncccc2c(F)c1Cc1cnc2ccc(Cl)nn12.O=Cc1c(F)cc2ncccc2c1F.OC(c1c(F)cc2ncccc2c1F)c1cnc2ccc(Cl)nn12. The van der Waals surface area contributed by atoms with E-state index < -0.39 is 75.4 Å². The number of rotatable bonds is 6. The number of carbonyl (C=O) groups is 1. The largest absolute Gasteiger partial charge is 0.382 e. The van der Waals surface area contributed by atoms with E-state index in [2.05, 4.69) is 93.6 Å². The Morgan fingerprint density at radius 1 is 0.444 bits per heavy atom. The number of aliphatic hydroxyl groups is 1. The molecular formula is C68H37Br2Cl3F10N14O2. The molecule has 496 valence electrons. The number of pyridine rings is 5. The molecule has 31 heteroatoms. The first-order chi connectivity index (χ1) is 47.6. The zero-order chi connectivity index (χ0) is 70.3. The second-order valence-corrected chi connectivity index (χ2v) is 23.2. The fraction of sp³-hybridized carbons (Fsp3) is 0.0294. The first-order valence-electron chi connectivity index (χ1n) is 28.3. The number of benzene rings is 5. The minimum atomic E-state index is -1.60. The van der Waals surface area contributed by atoms with Crippen molar-refractivity contribution in [1.82, 2.24) is 68.7 Å². The van der Waals surface area contributed by atoms with Crippen molar-refractivity contribution in [3.05, 3.63) is 300 Å². The van der Waals surface area contributed by atoms with E-state index >= 15 is 0 Å². The van der Waals surface area contributed by atoms with Crippen molar-refractivity contribution in [2.45, 2.75) is 12.5 Å². The maximum absolute atomic E-state index is 14.7. The number of fused-ring (bicyclic) bond motifs is 8. The molecule has 0 aliphatic heterocycles. The van der Waals surface area contributed by atoms with Gasteiger partial charge in [-0.1, -0.05) is 47.5 Å². The van der Waals surface area contributed by atoms with Crippen molar-refractivity contribution >= 4 is 150 Å². The van der Waals surface area contributed by atoms with Crippen LogP contribution in [0.1, 0.15) is 44.5 Å². The highest BCUT2D eigenvalue weighted by Crippen LogP contribution is 2.33. The summed E-state index contributed by atoms with van der Waals surface area (Å²) in [5.41, 5.74) is 2.49. The fourth-order valence-electron chi connectivity index (χ4n) is 9.75. The first-order valence-corrected chi connectivity index (χ1v) is 31.0. The summed E-state index contributed by atoms with van der Waals surface area (Å²) in [6, 6.07) is 31.2. The highest BCUT2D eigenvalue weighted by molar-refractivity contribution is 9.10. The number of aromatic nitrogens is 14. The molecular weight excluding hydrogens is 1500 g/mol. The first kappa shape index (κ1) is 69.8. The molecule has 0 saturated carbocycles. The molecule has 0 aliphatic rings. The van der Waals surface area contributed by atoms with Crippen LogP contribution in [0.2, 0.25) is 15.5 Å². The average molecular weight is 1540 g/mol. The third-order valence-corrected chi connectivity index (χ3v) is 16.3. The molecule has 1 unspecified atom stereocenters. The zero-order valence-electron chi connectivity index (χ0n) is 49.7. The molecule has 5 aromatic carbocycles.